The number of rotatable bonds is 5. The summed E-state index contributed by atoms with van der Waals surface area (Å²) in [6, 6.07) is 4.96. The van der Waals surface area contributed by atoms with E-state index in [4.69, 9.17) is 0 Å². The highest BCUT2D eigenvalue weighted by Crippen LogP contribution is 2.58. The Labute approximate surface area is 129 Å². The first-order chi connectivity index (χ1) is 10.4. The van der Waals surface area contributed by atoms with Crippen LogP contribution < -0.4 is 10.0 Å². The number of benzene rings is 1. The monoisotopic (exact) mass is 325 g/mol. The molecule has 1 unspecified atom stereocenters. The third-order valence-electron chi connectivity index (χ3n) is 4.84. The first-order valence-electron chi connectivity index (χ1n) is 7.38. The number of hydrogen-bond donors (Lipinski definition) is 2. The molecule has 2 aliphatic rings. The quantitative estimate of drug-likeness (QED) is 0.627. The molecule has 120 valence electrons. The molecule has 1 heterocycles. The Morgan fingerprint density at radius 1 is 1.27 bits per heavy atom. The zero-order valence-corrected chi connectivity index (χ0v) is 12.9. The fraction of sp³-hybridized carbons (Fsp3) is 0.571. The molecular formula is C14H19N3O4S. The molecule has 1 aliphatic heterocycles. The second-order valence-corrected chi connectivity index (χ2v) is 7.88. The zero-order valence-electron chi connectivity index (χ0n) is 12.1. The van der Waals surface area contributed by atoms with Gasteiger partial charge in [0.15, 0.2) is 0 Å². The summed E-state index contributed by atoms with van der Waals surface area (Å²) in [5, 5.41) is 13.9. The highest BCUT2D eigenvalue weighted by atomic mass is 32.2. The Bertz CT molecular complexity index is 666. The smallest absolute Gasteiger partial charge is 0.269 e. The Hall–Kier alpha value is -1.51. The number of nitrogens with one attached hydrogen (secondary N) is 2. The van der Waals surface area contributed by atoms with E-state index in [1.54, 1.807) is 0 Å². The number of hydrogen-bond acceptors (Lipinski definition) is 5. The van der Waals surface area contributed by atoms with Crippen LogP contribution >= 0.6 is 0 Å². The summed E-state index contributed by atoms with van der Waals surface area (Å²) in [6.07, 6.45) is 3.30. The molecule has 1 saturated carbocycles. The van der Waals surface area contributed by atoms with Gasteiger partial charge in [-0.15, -0.1) is 0 Å². The van der Waals surface area contributed by atoms with Crippen LogP contribution in [-0.2, 0) is 10.0 Å². The lowest BCUT2D eigenvalue weighted by atomic mass is 9.92. The van der Waals surface area contributed by atoms with Crippen LogP contribution in [0, 0.1) is 21.4 Å². The van der Waals surface area contributed by atoms with Crippen molar-refractivity contribution in [2.45, 2.75) is 24.2 Å². The van der Waals surface area contributed by atoms with E-state index in [1.165, 1.54) is 24.3 Å². The predicted molar refractivity (Wildman–Crippen MR) is 80.9 cm³/mol. The van der Waals surface area contributed by atoms with Gasteiger partial charge in [-0.05, 0) is 55.8 Å². The van der Waals surface area contributed by atoms with Gasteiger partial charge in [-0.25, -0.2) is 13.1 Å². The van der Waals surface area contributed by atoms with Crippen LogP contribution in [0.15, 0.2) is 29.2 Å². The highest BCUT2D eigenvalue weighted by molar-refractivity contribution is 7.89. The summed E-state index contributed by atoms with van der Waals surface area (Å²) < 4.78 is 27.1. The fourth-order valence-electron chi connectivity index (χ4n) is 3.30. The molecule has 1 aromatic rings. The molecule has 0 amide bonds. The van der Waals surface area contributed by atoms with E-state index in [1.807, 2.05) is 0 Å². The zero-order chi connectivity index (χ0) is 15.8. The van der Waals surface area contributed by atoms with Crippen molar-refractivity contribution in [3.63, 3.8) is 0 Å². The minimum atomic E-state index is -3.60. The van der Waals surface area contributed by atoms with Crippen LogP contribution in [0.1, 0.15) is 19.3 Å². The van der Waals surface area contributed by atoms with E-state index >= 15 is 0 Å². The van der Waals surface area contributed by atoms with Crippen LogP contribution in [0.2, 0.25) is 0 Å². The molecule has 1 saturated heterocycles. The molecule has 22 heavy (non-hydrogen) atoms. The van der Waals surface area contributed by atoms with Crippen molar-refractivity contribution >= 4 is 15.7 Å². The first-order valence-corrected chi connectivity index (χ1v) is 8.86. The summed E-state index contributed by atoms with van der Waals surface area (Å²) in [4.78, 5) is 10.1. The summed E-state index contributed by atoms with van der Waals surface area (Å²) >= 11 is 0. The van der Waals surface area contributed by atoms with Crippen LogP contribution in [0.3, 0.4) is 0 Å². The summed E-state index contributed by atoms with van der Waals surface area (Å²) in [5.74, 6) is 0.405. The minimum absolute atomic E-state index is 0.0677. The summed E-state index contributed by atoms with van der Waals surface area (Å²) in [7, 11) is -3.60. The average Bonchev–Trinajstić information content (AvgIpc) is 3.18. The van der Waals surface area contributed by atoms with Crippen molar-refractivity contribution in [2.75, 3.05) is 19.6 Å². The molecule has 1 aliphatic carbocycles. The predicted octanol–water partition coefficient (Wildman–Crippen LogP) is 1.26. The Balaban J connectivity index is 1.61. The molecular weight excluding hydrogens is 306 g/mol. The van der Waals surface area contributed by atoms with E-state index in [2.05, 4.69) is 10.0 Å². The van der Waals surface area contributed by atoms with Gasteiger partial charge >= 0.3 is 0 Å². The molecule has 1 spiro atoms. The maximum Gasteiger partial charge on any atom is 0.269 e. The molecule has 1 atom stereocenters. The van der Waals surface area contributed by atoms with Crippen molar-refractivity contribution < 1.29 is 13.3 Å². The number of non-ortho nitro benzene ring substituents is 1. The SMILES string of the molecule is O=[N+]([O-])c1ccc(S(=O)(=O)NCC2CC23CCNCC3)cc1. The van der Waals surface area contributed by atoms with E-state index in [9.17, 15) is 18.5 Å². The fourth-order valence-corrected chi connectivity index (χ4v) is 4.38. The Kier molecular flexibility index (Phi) is 3.92. The molecule has 0 bridgehead atoms. The lowest BCUT2D eigenvalue weighted by molar-refractivity contribution is -0.384. The second kappa shape index (κ2) is 5.60. The summed E-state index contributed by atoms with van der Waals surface area (Å²) in [6.45, 7) is 2.45. The number of sulfonamides is 1. The lowest BCUT2D eigenvalue weighted by Gasteiger charge is -2.23. The molecule has 2 N–H and O–H groups in total. The summed E-state index contributed by atoms with van der Waals surface area (Å²) in [5.41, 5.74) is 0.207. The van der Waals surface area contributed by atoms with Gasteiger partial charge in [0.1, 0.15) is 0 Å². The number of nitro benzene ring substituents is 1. The van der Waals surface area contributed by atoms with Crippen molar-refractivity contribution in [3.05, 3.63) is 34.4 Å². The van der Waals surface area contributed by atoms with Gasteiger partial charge in [-0.1, -0.05) is 0 Å². The van der Waals surface area contributed by atoms with Gasteiger partial charge in [-0.2, -0.15) is 0 Å². The van der Waals surface area contributed by atoms with Crippen molar-refractivity contribution in [3.8, 4) is 0 Å². The number of nitro groups is 1. The third kappa shape index (κ3) is 2.99. The first kappa shape index (κ1) is 15.4. The van der Waals surface area contributed by atoms with Crippen molar-refractivity contribution in [1.82, 2.24) is 10.0 Å². The van der Waals surface area contributed by atoms with Crippen LogP contribution in [-0.4, -0.2) is 33.0 Å². The van der Waals surface area contributed by atoms with Crippen molar-refractivity contribution in [1.29, 1.82) is 0 Å². The van der Waals surface area contributed by atoms with Gasteiger partial charge in [-0.3, -0.25) is 10.1 Å². The molecule has 7 nitrogen and oxygen atoms in total. The van der Waals surface area contributed by atoms with E-state index in [-0.39, 0.29) is 10.6 Å². The molecule has 3 rings (SSSR count). The Morgan fingerprint density at radius 3 is 2.50 bits per heavy atom. The van der Waals surface area contributed by atoms with Crippen LogP contribution in [0.4, 0.5) is 5.69 Å². The molecule has 8 heteroatoms. The van der Waals surface area contributed by atoms with Gasteiger partial charge in [0.25, 0.3) is 5.69 Å². The topological polar surface area (TPSA) is 101 Å². The van der Waals surface area contributed by atoms with Gasteiger partial charge < -0.3 is 5.32 Å². The third-order valence-corrected chi connectivity index (χ3v) is 6.28. The minimum Gasteiger partial charge on any atom is -0.317 e. The van der Waals surface area contributed by atoms with E-state index in [0.717, 1.165) is 32.4 Å². The van der Waals surface area contributed by atoms with Crippen molar-refractivity contribution in [2.24, 2.45) is 11.3 Å². The number of piperidine rings is 1. The maximum absolute atomic E-state index is 12.2. The highest BCUT2D eigenvalue weighted by Gasteiger charge is 2.53. The average molecular weight is 325 g/mol. The normalized spacial score (nSPS) is 23.4. The molecule has 0 aromatic heterocycles. The van der Waals surface area contributed by atoms with Crippen LogP contribution in [0.5, 0.6) is 0 Å². The van der Waals surface area contributed by atoms with Gasteiger partial charge in [0.05, 0.1) is 9.82 Å². The largest absolute Gasteiger partial charge is 0.317 e. The van der Waals surface area contributed by atoms with E-state index < -0.39 is 14.9 Å². The Morgan fingerprint density at radius 2 is 1.91 bits per heavy atom. The van der Waals surface area contributed by atoms with Gasteiger partial charge in [0.2, 0.25) is 10.0 Å². The lowest BCUT2D eigenvalue weighted by Crippen LogP contribution is -2.32. The standard InChI is InChI=1S/C14H19N3O4S/c18-17(19)12-1-3-13(4-2-12)22(20,21)16-10-11-9-14(11)5-7-15-8-6-14/h1-4,11,15-16H,5-10H2. The number of nitrogens with zero attached hydrogens (tertiary/aromatic N) is 1. The maximum atomic E-state index is 12.2. The van der Waals surface area contributed by atoms with Gasteiger partial charge in [0, 0.05) is 18.7 Å². The van der Waals surface area contributed by atoms with E-state index in [0.29, 0.717) is 17.9 Å². The molecule has 1 aromatic carbocycles. The molecule has 0 radical (unpaired) electrons. The van der Waals surface area contributed by atoms with Crippen LogP contribution in [0.25, 0.3) is 0 Å². The molecule has 2 fully saturated rings. The second-order valence-electron chi connectivity index (χ2n) is 6.12.